The Labute approximate surface area is 102 Å². The van der Waals surface area contributed by atoms with Gasteiger partial charge in [0.25, 0.3) is 0 Å². The first-order valence-electron chi connectivity index (χ1n) is 6.53. The van der Waals surface area contributed by atoms with Crippen LogP contribution in [-0.2, 0) is 4.79 Å². The van der Waals surface area contributed by atoms with Gasteiger partial charge in [0.2, 0.25) is 0 Å². The Kier molecular flexibility index (Phi) is 2.22. The lowest BCUT2D eigenvalue weighted by molar-refractivity contribution is -0.299. The van der Waals surface area contributed by atoms with Gasteiger partial charge in [-0.05, 0) is 68.3 Å². The predicted octanol–water partition coefficient (Wildman–Crippen LogP) is 1.01. The van der Waals surface area contributed by atoms with Crippen molar-refractivity contribution >= 4 is 5.97 Å². The van der Waals surface area contributed by atoms with Crippen LogP contribution >= 0.6 is 0 Å². The Morgan fingerprint density at radius 2 is 1.88 bits per heavy atom. The number of hydrogen-bond donors (Lipinski definition) is 1. The third-order valence-corrected chi connectivity index (χ3v) is 4.92. The summed E-state index contributed by atoms with van der Waals surface area (Å²) in [6.45, 7) is 1.61. The number of carboxylic acid groups (broad SMARTS) is 1. The van der Waals surface area contributed by atoms with Crippen LogP contribution in [-0.4, -0.2) is 16.7 Å². The predicted molar refractivity (Wildman–Crippen MR) is 60.8 cm³/mol. The summed E-state index contributed by atoms with van der Waals surface area (Å²) >= 11 is 0. The fraction of sp³-hybridized carbons (Fsp3) is 0.786. The molecule has 94 valence electrons. The van der Waals surface area contributed by atoms with Crippen molar-refractivity contribution in [1.29, 1.82) is 0 Å². The van der Waals surface area contributed by atoms with E-state index in [1.54, 1.807) is 6.92 Å². The molecule has 0 heterocycles. The topological polar surface area (TPSA) is 60.4 Å². The number of hydrogen-bond acceptors (Lipinski definition) is 3. The Morgan fingerprint density at radius 1 is 1.29 bits per heavy atom. The average Bonchev–Trinajstić information content (AvgIpc) is 2.11. The van der Waals surface area contributed by atoms with Crippen LogP contribution in [0.1, 0.15) is 45.4 Å². The highest BCUT2D eigenvalue weighted by Crippen LogP contribution is 2.62. The van der Waals surface area contributed by atoms with Crippen LogP contribution in [0.5, 0.6) is 0 Å². The summed E-state index contributed by atoms with van der Waals surface area (Å²) in [6.07, 6.45) is 7.80. The molecule has 0 amide bonds. The molecule has 4 aliphatic rings. The van der Waals surface area contributed by atoms with Crippen molar-refractivity contribution in [3.63, 3.8) is 0 Å². The van der Waals surface area contributed by atoms with Gasteiger partial charge in [0, 0.05) is 0 Å². The highest BCUT2D eigenvalue weighted by molar-refractivity contribution is 5.84. The van der Waals surface area contributed by atoms with Crippen LogP contribution in [0.15, 0.2) is 11.6 Å². The number of allylic oxidation sites excluding steroid dienone is 1. The summed E-state index contributed by atoms with van der Waals surface area (Å²) in [6, 6.07) is 0. The maximum atomic E-state index is 10.9. The van der Waals surface area contributed by atoms with Crippen LogP contribution in [0.4, 0.5) is 0 Å². The fourth-order valence-electron chi connectivity index (χ4n) is 4.97. The minimum atomic E-state index is -1.08. The molecule has 0 radical (unpaired) electrons. The SMILES string of the molecule is CC(=CC12CC3CC(CC(O)(C3)C1)C2)C(=O)[O-]. The van der Waals surface area contributed by atoms with E-state index in [1.165, 1.54) is 6.42 Å². The standard InChI is InChI=1S/C14H20O3/c1-9(12(15)16)3-13-4-10-2-11(5-13)7-14(17,6-10)8-13/h3,10-11,17H,2,4-8H2,1H3,(H,15,16)/p-1. The van der Waals surface area contributed by atoms with Crippen LogP contribution in [0.3, 0.4) is 0 Å². The normalized spacial score (nSPS) is 48.5. The van der Waals surface area contributed by atoms with E-state index in [2.05, 4.69) is 0 Å². The zero-order valence-electron chi connectivity index (χ0n) is 10.2. The summed E-state index contributed by atoms with van der Waals surface area (Å²) in [4.78, 5) is 10.9. The quantitative estimate of drug-likeness (QED) is 0.727. The first-order valence-corrected chi connectivity index (χ1v) is 6.53. The molecule has 17 heavy (non-hydrogen) atoms. The molecular weight excluding hydrogens is 216 g/mol. The largest absolute Gasteiger partial charge is 0.545 e. The molecule has 2 atom stereocenters. The average molecular weight is 235 g/mol. The Morgan fingerprint density at radius 3 is 2.35 bits per heavy atom. The van der Waals surface area contributed by atoms with Gasteiger partial charge in [0.15, 0.2) is 0 Å². The molecule has 4 bridgehead atoms. The van der Waals surface area contributed by atoms with E-state index in [-0.39, 0.29) is 5.41 Å². The van der Waals surface area contributed by atoms with Crippen molar-refractivity contribution in [2.45, 2.75) is 51.0 Å². The maximum absolute atomic E-state index is 10.9. The van der Waals surface area contributed by atoms with Gasteiger partial charge in [0.1, 0.15) is 0 Å². The summed E-state index contributed by atoms with van der Waals surface area (Å²) in [5.41, 5.74) is -0.258. The van der Waals surface area contributed by atoms with Gasteiger partial charge in [-0.25, -0.2) is 0 Å². The summed E-state index contributed by atoms with van der Waals surface area (Å²) in [7, 11) is 0. The van der Waals surface area contributed by atoms with Crippen molar-refractivity contribution in [3.8, 4) is 0 Å². The lowest BCUT2D eigenvalue weighted by atomic mass is 9.48. The second-order valence-electron chi connectivity index (χ2n) is 6.66. The van der Waals surface area contributed by atoms with Crippen molar-refractivity contribution in [2.24, 2.45) is 17.3 Å². The second-order valence-corrected chi connectivity index (χ2v) is 6.66. The minimum absolute atomic E-state index is 0.0665. The molecule has 4 fully saturated rings. The van der Waals surface area contributed by atoms with E-state index in [1.807, 2.05) is 6.08 Å². The van der Waals surface area contributed by atoms with E-state index in [0.717, 1.165) is 32.1 Å². The monoisotopic (exact) mass is 235 g/mol. The lowest BCUT2D eigenvalue weighted by Gasteiger charge is -2.59. The zero-order valence-corrected chi connectivity index (χ0v) is 10.2. The van der Waals surface area contributed by atoms with Crippen LogP contribution < -0.4 is 5.11 Å². The maximum Gasteiger partial charge on any atom is 0.0669 e. The van der Waals surface area contributed by atoms with E-state index in [9.17, 15) is 15.0 Å². The highest BCUT2D eigenvalue weighted by Gasteiger charge is 2.56. The zero-order chi connectivity index (χ0) is 12.3. The van der Waals surface area contributed by atoms with Gasteiger partial charge < -0.3 is 15.0 Å². The Balaban J connectivity index is 1.93. The van der Waals surface area contributed by atoms with E-state index < -0.39 is 11.6 Å². The second kappa shape index (κ2) is 3.35. The fourth-order valence-corrected chi connectivity index (χ4v) is 4.97. The highest BCUT2D eigenvalue weighted by atomic mass is 16.4. The molecule has 0 saturated heterocycles. The van der Waals surface area contributed by atoms with Gasteiger partial charge in [-0.2, -0.15) is 0 Å². The third-order valence-electron chi connectivity index (χ3n) is 4.92. The van der Waals surface area contributed by atoms with Crippen molar-refractivity contribution in [2.75, 3.05) is 0 Å². The van der Waals surface area contributed by atoms with Gasteiger partial charge >= 0.3 is 0 Å². The first kappa shape index (κ1) is 11.3. The molecule has 3 nitrogen and oxygen atoms in total. The molecular formula is C14H19O3-. The molecule has 0 aromatic carbocycles. The van der Waals surface area contributed by atoms with Gasteiger partial charge in [0.05, 0.1) is 11.6 Å². The number of carbonyl (C=O) groups excluding carboxylic acids is 1. The molecule has 0 aromatic heterocycles. The van der Waals surface area contributed by atoms with E-state index >= 15 is 0 Å². The molecule has 0 aromatic rings. The summed E-state index contributed by atoms with van der Waals surface area (Å²) < 4.78 is 0. The van der Waals surface area contributed by atoms with Crippen LogP contribution in [0, 0.1) is 17.3 Å². The molecule has 0 aliphatic heterocycles. The molecule has 2 unspecified atom stereocenters. The summed E-state index contributed by atoms with van der Waals surface area (Å²) in [5, 5.41) is 21.4. The van der Waals surface area contributed by atoms with Crippen molar-refractivity contribution in [1.82, 2.24) is 0 Å². The lowest BCUT2D eigenvalue weighted by Crippen LogP contribution is -2.55. The number of aliphatic carboxylic acids is 1. The Bertz CT molecular complexity index is 382. The number of carbonyl (C=O) groups is 1. The molecule has 3 heteroatoms. The van der Waals surface area contributed by atoms with Crippen LogP contribution in [0.2, 0.25) is 0 Å². The van der Waals surface area contributed by atoms with Gasteiger partial charge in [-0.1, -0.05) is 6.08 Å². The minimum Gasteiger partial charge on any atom is -0.545 e. The Hall–Kier alpha value is -0.830. The first-order chi connectivity index (χ1) is 7.90. The van der Waals surface area contributed by atoms with Gasteiger partial charge in [-0.3, -0.25) is 0 Å². The van der Waals surface area contributed by atoms with E-state index in [4.69, 9.17) is 0 Å². The van der Waals surface area contributed by atoms with E-state index in [0.29, 0.717) is 17.4 Å². The smallest absolute Gasteiger partial charge is 0.0669 e. The summed E-state index contributed by atoms with van der Waals surface area (Å²) in [5.74, 6) is 0.104. The molecule has 0 spiro atoms. The van der Waals surface area contributed by atoms with Crippen LogP contribution in [0.25, 0.3) is 0 Å². The molecule has 4 rings (SSSR count). The molecule has 1 N–H and O–H groups in total. The van der Waals surface area contributed by atoms with Gasteiger partial charge in [-0.15, -0.1) is 0 Å². The van der Waals surface area contributed by atoms with Crippen molar-refractivity contribution in [3.05, 3.63) is 11.6 Å². The van der Waals surface area contributed by atoms with Crippen molar-refractivity contribution < 1.29 is 15.0 Å². The molecule has 4 saturated carbocycles. The molecule has 4 aliphatic carbocycles. The number of rotatable bonds is 2. The number of carboxylic acids is 1. The number of aliphatic hydroxyl groups is 1. The third kappa shape index (κ3) is 1.81.